The molecule has 2 atom stereocenters. The van der Waals surface area contributed by atoms with Crippen molar-refractivity contribution < 1.29 is 19.8 Å². The molecule has 6 nitrogen and oxygen atoms in total. The third kappa shape index (κ3) is 3.49. The highest BCUT2D eigenvalue weighted by Gasteiger charge is 2.52. The molecule has 2 fully saturated rings. The van der Waals surface area contributed by atoms with Gasteiger partial charge in [0, 0.05) is 24.0 Å². The Morgan fingerprint density at radius 3 is 2.63 bits per heavy atom. The van der Waals surface area contributed by atoms with Gasteiger partial charge in [-0.25, -0.2) is 4.98 Å². The monoisotopic (exact) mass is 386 g/mol. The van der Waals surface area contributed by atoms with Crippen molar-refractivity contribution in [3.63, 3.8) is 0 Å². The Hall–Kier alpha value is -2.25. The van der Waals surface area contributed by atoms with Gasteiger partial charge in [-0.15, -0.1) is 11.3 Å². The van der Waals surface area contributed by atoms with Crippen LogP contribution in [0, 0.1) is 11.3 Å². The molecule has 0 unspecified atom stereocenters. The molecule has 1 aromatic heterocycles. The molecule has 1 saturated carbocycles. The van der Waals surface area contributed by atoms with E-state index in [0.717, 1.165) is 23.4 Å². The maximum absolute atomic E-state index is 13.0. The van der Waals surface area contributed by atoms with E-state index in [1.54, 1.807) is 10.3 Å². The van der Waals surface area contributed by atoms with Crippen molar-refractivity contribution in [2.24, 2.45) is 11.3 Å². The van der Waals surface area contributed by atoms with Crippen molar-refractivity contribution in [1.29, 1.82) is 0 Å². The molecule has 1 saturated heterocycles. The fourth-order valence-electron chi connectivity index (χ4n) is 3.84. The van der Waals surface area contributed by atoms with E-state index in [4.69, 9.17) is 0 Å². The normalized spacial score (nSPS) is 25.4. The quantitative estimate of drug-likeness (QED) is 0.825. The number of hydrogen-bond acceptors (Lipinski definition) is 5. The van der Waals surface area contributed by atoms with Gasteiger partial charge in [-0.2, -0.15) is 0 Å². The number of rotatable bonds is 5. The van der Waals surface area contributed by atoms with Crippen LogP contribution in [0.1, 0.15) is 36.2 Å². The molecular weight excluding hydrogens is 364 g/mol. The zero-order valence-corrected chi connectivity index (χ0v) is 15.7. The van der Waals surface area contributed by atoms with Crippen molar-refractivity contribution in [3.8, 4) is 10.6 Å². The second-order valence-electron chi connectivity index (χ2n) is 7.54. The number of hydrogen-bond donors (Lipinski definition) is 2. The number of carbonyl (C=O) groups excluding carboxylic acids is 1. The molecule has 1 aromatic carbocycles. The maximum Gasteiger partial charge on any atom is 0.314 e. The summed E-state index contributed by atoms with van der Waals surface area (Å²) in [7, 11) is 0. The van der Waals surface area contributed by atoms with Gasteiger partial charge >= 0.3 is 5.97 Å². The fraction of sp³-hybridized carbons (Fsp3) is 0.450. The number of aromatic nitrogens is 1. The van der Waals surface area contributed by atoms with E-state index in [-0.39, 0.29) is 18.9 Å². The Bertz CT molecular complexity index is 849. The lowest BCUT2D eigenvalue weighted by atomic mass is 9.73. The number of carbonyl (C=O) groups is 2. The van der Waals surface area contributed by atoms with Gasteiger partial charge in [-0.05, 0) is 18.8 Å². The molecule has 0 spiro atoms. The summed E-state index contributed by atoms with van der Waals surface area (Å²) in [5.74, 6) is -0.931. The van der Waals surface area contributed by atoms with E-state index in [0.29, 0.717) is 24.6 Å². The lowest BCUT2D eigenvalue weighted by Gasteiger charge is -2.43. The third-order valence-electron chi connectivity index (χ3n) is 5.59. The highest BCUT2D eigenvalue weighted by Crippen LogP contribution is 2.45. The van der Waals surface area contributed by atoms with E-state index in [1.165, 1.54) is 11.3 Å². The number of aliphatic hydroxyl groups is 1. The summed E-state index contributed by atoms with van der Waals surface area (Å²) >= 11 is 1.40. The van der Waals surface area contributed by atoms with Crippen molar-refractivity contribution in [3.05, 3.63) is 41.4 Å². The minimum atomic E-state index is -1.27. The smallest absolute Gasteiger partial charge is 0.314 e. The summed E-state index contributed by atoms with van der Waals surface area (Å²) in [6.07, 6.45) is 1.79. The van der Waals surface area contributed by atoms with Gasteiger partial charge < -0.3 is 15.1 Å². The van der Waals surface area contributed by atoms with Gasteiger partial charge in [0.1, 0.15) is 16.1 Å². The van der Waals surface area contributed by atoms with Crippen molar-refractivity contribution in [2.45, 2.75) is 31.8 Å². The number of aliphatic hydroxyl groups excluding tert-OH is 1. The van der Waals surface area contributed by atoms with Crippen LogP contribution in [0.25, 0.3) is 10.6 Å². The maximum atomic E-state index is 13.0. The molecule has 2 aliphatic rings. The molecule has 2 aromatic rings. The molecule has 4 rings (SSSR count). The van der Waals surface area contributed by atoms with Gasteiger partial charge in [0.25, 0.3) is 5.91 Å². The molecule has 7 heteroatoms. The highest BCUT2D eigenvalue weighted by molar-refractivity contribution is 7.13. The topological polar surface area (TPSA) is 90.7 Å². The summed E-state index contributed by atoms with van der Waals surface area (Å²) in [6, 6.07) is 9.64. The number of thiazole rings is 1. The second-order valence-corrected chi connectivity index (χ2v) is 8.40. The van der Waals surface area contributed by atoms with Crippen molar-refractivity contribution in [1.82, 2.24) is 9.88 Å². The Morgan fingerprint density at radius 2 is 1.96 bits per heavy atom. The van der Waals surface area contributed by atoms with E-state index >= 15 is 0 Å². The van der Waals surface area contributed by atoms with Crippen LogP contribution in [0.15, 0.2) is 35.7 Å². The summed E-state index contributed by atoms with van der Waals surface area (Å²) < 4.78 is 0. The van der Waals surface area contributed by atoms with Crippen LogP contribution in [-0.4, -0.2) is 51.2 Å². The first-order valence-electron chi connectivity index (χ1n) is 9.21. The average Bonchev–Trinajstić information content (AvgIpc) is 3.35. The van der Waals surface area contributed by atoms with Gasteiger partial charge in [-0.3, -0.25) is 9.59 Å². The molecule has 2 N–H and O–H groups in total. The summed E-state index contributed by atoms with van der Waals surface area (Å²) in [5.41, 5.74) is 0.0121. The van der Waals surface area contributed by atoms with E-state index in [9.17, 15) is 19.8 Å². The Kier molecular flexibility index (Phi) is 4.74. The van der Waals surface area contributed by atoms with E-state index < -0.39 is 17.5 Å². The fourth-order valence-corrected chi connectivity index (χ4v) is 4.64. The van der Waals surface area contributed by atoms with E-state index in [2.05, 4.69) is 4.98 Å². The Balaban J connectivity index is 1.55. The zero-order chi connectivity index (χ0) is 19.0. The van der Waals surface area contributed by atoms with E-state index in [1.807, 2.05) is 30.3 Å². The summed E-state index contributed by atoms with van der Waals surface area (Å²) in [4.78, 5) is 31.0. The number of carboxylic acid groups (broad SMARTS) is 1. The average molecular weight is 386 g/mol. The number of benzene rings is 1. The lowest BCUT2D eigenvalue weighted by Crippen LogP contribution is -2.57. The molecule has 2 heterocycles. The molecule has 1 aliphatic carbocycles. The van der Waals surface area contributed by atoms with Gasteiger partial charge in [0.2, 0.25) is 0 Å². The predicted molar refractivity (Wildman–Crippen MR) is 101 cm³/mol. The first kappa shape index (κ1) is 18.1. The van der Waals surface area contributed by atoms with Crippen LogP contribution in [0.2, 0.25) is 0 Å². The molecule has 0 radical (unpaired) electrons. The molecular formula is C20H22N2O4S. The minimum Gasteiger partial charge on any atom is -0.481 e. The SMILES string of the molecule is O=C(c1csc(-c2ccccc2)n1)N1CC[C@H](O)[C@](CC2CC2)(C(=O)O)C1. The number of carboxylic acids is 1. The number of amides is 1. The van der Waals surface area contributed by atoms with Crippen LogP contribution in [0.5, 0.6) is 0 Å². The zero-order valence-electron chi connectivity index (χ0n) is 14.9. The Morgan fingerprint density at radius 1 is 1.22 bits per heavy atom. The minimum absolute atomic E-state index is 0.0387. The van der Waals surface area contributed by atoms with Crippen LogP contribution < -0.4 is 0 Å². The Labute approximate surface area is 161 Å². The second kappa shape index (κ2) is 7.05. The van der Waals surface area contributed by atoms with Crippen molar-refractivity contribution in [2.75, 3.05) is 13.1 Å². The van der Waals surface area contributed by atoms with Crippen LogP contribution in [0.3, 0.4) is 0 Å². The highest BCUT2D eigenvalue weighted by atomic mass is 32.1. The standard InChI is InChI=1S/C20H22N2O4S/c23-16-8-9-22(12-20(16,19(25)26)10-13-6-7-13)18(24)15-11-27-17(21-15)14-4-2-1-3-5-14/h1-5,11,13,16,23H,6-10,12H2,(H,25,26)/t16-,20+/m0/s1. The van der Waals surface area contributed by atoms with Crippen LogP contribution in [-0.2, 0) is 4.79 Å². The van der Waals surface area contributed by atoms with Gasteiger partial charge in [-0.1, -0.05) is 43.2 Å². The summed E-state index contributed by atoms with van der Waals surface area (Å²) in [5, 5.41) is 22.8. The molecule has 1 amide bonds. The van der Waals surface area contributed by atoms with Crippen LogP contribution >= 0.6 is 11.3 Å². The largest absolute Gasteiger partial charge is 0.481 e. The molecule has 1 aliphatic heterocycles. The first-order chi connectivity index (χ1) is 13.0. The number of piperidine rings is 1. The summed E-state index contributed by atoms with van der Waals surface area (Å²) in [6.45, 7) is 0.384. The third-order valence-corrected chi connectivity index (χ3v) is 6.48. The van der Waals surface area contributed by atoms with Crippen LogP contribution in [0.4, 0.5) is 0 Å². The van der Waals surface area contributed by atoms with Gasteiger partial charge in [0.05, 0.1) is 6.10 Å². The van der Waals surface area contributed by atoms with Gasteiger partial charge in [0.15, 0.2) is 0 Å². The van der Waals surface area contributed by atoms with Crippen molar-refractivity contribution >= 4 is 23.2 Å². The number of likely N-dealkylation sites (tertiary alicyclic amines) is 1. The number of aliphatic carboxylic acids is 1. The predicted octanol–water partition coefficient (Wildman–Crippen LogP) is 2.89. The molecule has 27 heavy (non-hydrogen) atoms. The first-order valence-corrected chi connectivity index (χ1v) is 10.1. The molecule has 0 bridgehead atoms. The molecule has 142 valence electrons. The number of nitrogens with zero attached hydrogens (tertiary/aromatic N) is 2. The lowest BCUT2D eigenvalue weighted by molar-refractivity contribution is -0.163.